The van der Waals surface area contributed by atoms with Crippen molar-refractivity contribution in [1.82, 2.24) is 9.78 Å². The van der Waals surface area contributed by atoms with Crippen molar-refractivity contribution in [2.45, 2.75) is 0 Å². The molecule has 0 aliphatic carbocycles. The quantitative estimate of drug-likeness (QED) is 0.723. The Morgan fingerprint density at radius 1 is 1.15 bits per heavy atom. The van der Waals surface area contributed by atoms with E-state index in [1.54, 1.807) is 48.7 Å². The van der Waals surface area contributed by atoms with Gasteiger partial charge in [-0.2, -0.15) is 9.78 Å². The molecule has 4 nitrogen and oxygen atoms in total. The summed E-state index contributed by atoms with van der Waals surface area (Å²) >= 11 is 11.9. The van der Waals surface area contributed by atoms with Gasteiger partial charge in [0, 0.05) is 10.4 Å². The van der Waals surface area contributed by atoms with Gasteiger partial charge < -0.3 is 5.32 Å². The molecule has 20 heavy (non-hydrogen) atoms. The topological polar surface area (TPSA) is 46.9 Å². The number of anilines is 1. The summed E-state index contributed by atoms with van der Waals surface area (Å²) in [7, 11) is 0. The number of rotatable bonds is 1. The van der Waals surface area contributed by atoms with Gasteiger partial charge in [0.05, 0.1) is 22.4 Å². The molecule has 0 atom stereocenters. The summed E-state index contributed by atoms with van der Waals surface area (Å²) in [6.45, 7) is 0. The van der Waals surface area contributed by atoms with Crippen LogP contribution in [0, 0.1) is 0 Å². The van der Waals surface area contributed by atoms with E-state index < -0.39 is 0 Å². The molecule has 0 saturated carbocycles. The van der Waals surface area contributed by atoms with Gasteiger partial charge in [0.15, 0.2) is 0 Å². The van der Waals surface area contributed by atoms with Crippen LogP contribution in [0.25, 0.3) is 10.9 Å². The van der Waals surface area contributed by atoms with Crippen molar-refractivity contribution >= 4 is 45.8 Å². The van der Waals surface area contributed by atoms with Gasteiger partial charge in [-0.15, -0.1) is 0 Å². The zero-order valence-electron chi connectivity index (χ0n) is 10.2. The molecule has 3 aromatic rings. The van der Waals surface area contributed by atoms with Gasteiger partial charge in [0.1, 0.15) is 0 Å². The van der Waals surface area contributed by atoms with Crippen molar-refractivity contribution in [2.24, 2.45) is 0 Å². The Morgan fingerprint density at radius 2 is 1.95 bits per heavy atom. The summed E-state index contributed by atoms with van der Waals surface area (Å²) in [6, 6.07) is 11.9. The van der Waals surface area contributed by atoms with E-state index in [1.165, 1.54) is 4.68 Å². The molecule has 2 aromatic carbocycles. The second kappa shape index (κ2) is 5.15. The molecular formula is C14H9Cl2N3O. The molecule has 3 rings (SSSR count). The molecule has 0 unspecified atom stereocenters. The first-order valence-corrected chi connectivity index (χ1v) is 6.60. The predicted octanol–water partition coefficient (Wildman–Crippen LogP) is 4.42. The number of nitrogens with zero attached hydrogens (tertiary/aromatic N) is 2. The molecule has 1 N–H and O–H groups in total. The molecule has 1 aromatic heterocycles. The van der Waals surface area contributed by atoms with Crippen molar-refractivity contribution in [3.05, 3.63) is 58.7 Å². The van der Waals surface area contributed by atoms with Crippen LogP contribution in [0.3, 0.4) is 0 Å². The van der Waals surface area contributed by atoms with Crippen LogP contribution in [0.15, 0.2) is 48.7 Å². The lowest BCUT2D eigenvalue weighted by Crippen LogP contribution is -2.20. The fourth-order valence-electron chi connectivity index (χ4n) is 1.90. The minimum Gasteiger partial charge on any atom is -0.305 e. The third-order valence-corrected chi connectivity index (χ3v) is 3.40. The number of carbonyl (C=O) groups excluding carboxylic acids is 1. The van der Waals surface area contributed by atoms with Gasteiger partial charge in [-0.1, -0.05) is 35.3 Å². The standard InChI is InChI=1S/C14H9Cl2N3O/c15-10-5-6-13-9(7-10)8-17-19(13)14(20)18-12-4-2-1-3-11(12)16/h1-8H,(H,18,20). The van der Waals surface area contributed by atoms with E-state index in [4.69, 9.17) is 23.2 Å². The first-order valence-electron chi connectivity index (χ1n) is 5.84. The Balaban J connectivity index is 1.95. The molecule has 1 amide bonds. The van der Waals surface area contributed by atoms with Gasteiger partial charge in [-0.25, -0.2) is 4.79 Å². The second-order valence-electron chi connectivity index (χ2n) is 4.17. The van der Waals surface area contributed by atoms with Crippen LogP contribution in [-0.4, -0.2) is 15.8 Å². The highest BCUT2D eigenvalue weighted by Gasteiger charge is 2.12. The maximum Gasteiger partial charge on any atom is 0.347 e. The molecule has 100 valence electrons. The van der Waals surface area contributed by atoms with Crippen LogP contribution >= 0.6 is 23.2 Å². The zero-order valence-corrected chi connectivity index (χ0v) is 11.7. The van der Waals surface area contributed by atoms with E-state index in [9.17, 15) is 4.79 Å². The van der Waals surface area contributed by atoms with E-state index in [-0.39, 0.29) is 6.03 Å². The molecule has 1 heterocycles. The highest BCUT2D eigenvalue weighted by atomic mass is 35.5. The third kappa shape index (κ3) is 2.35. The van der Waals surface area contributed by atoms with Crippen molar-refractivity contribution in [2.75, 3.05) is 5.32 Å². The number of aromatic nitrogens is 2. The molecule has 0 bridgehead atoms. The molecule has 0 aliphatic heterocycles. The summed E-state index contributed by atoms with van der Waals surface area (Å²) in [4.78, 5) is 12.2. The largest absolute Gasteiger partial charge is 0.347 e. The monoisotopic (exact) mass is 305 g/mol. The summed E-state index contributed by atoms with van der Waals surface area (Å²) < 4.78 is 1.27. The average molecular weight is 306 g/mol. The van der Waals surface area contributed by atoms with Crippen LogP contribution in [-0.2, 0) is 0 Å². The Kier molecular flexibility index (Phi) is 3.34. The minimum atomic E-state index is -0.379. The average Bonchev–Trinajstić information content (AvgIpc) is 2.84. The number of carbonyl (C=O) groups is 1. The molecule has 0 saturated heterocycles. The number of benzene rings is 2. The van der Waals surface area contributed by atoms with Gasteiger partial charge in [-0.3, -0.25) is 0 Å². The molecular weight excluding hydrogens is 297 g/mol. The first kappa shape index (κ1) is 13.0. The number of hydrogen-bond donors (Lipinski definition) is 1. The van der Waals surface area contributed by atoms with Gasteiger partial charge in [0.2, 0.25) is 0 Å². The van der Waals surface area contributed by atoms with E-state index in [1.807, 2.05) is 0 Å². The van der Waals surface area contributed by atoms with Crippen LogP contribution in [0.1, 0.15) is 0 Å². The van der Waals surface area contributed by atoms with Crippen molar-refractivity contribution < 1.29 is 4.79 Å². The minimum absolute atomic E-state index is 0.379. The predicted molar refractivity (Wildman–Crippen MR) is 80.6 cm³/mol. The summed E-state index contributed by atoms with van der Waals surface area (Å²) in [5, 5.41) is 8.65. The second-order valence-corrected chi connectivity index (χ2v) is 5.01. The Labute approximate surface area is 124 Å². The van der Waals surface area contributed by atoms with Crippen molar-refractivity contribution in [3.8, 4) is 0 Å². The molecule has 0 radical (unpaired) electrons. The van der Waals surface area contributed by atoms with E-state index >= 15 is 0 Å². The van der Waals surface area contributed by atoms with E-state index in [0.717, 1.165) is 5.39 Å². The number of halogens is 2. The number of hydrogen-bond acceptors (Lipinski definition) is 2. The molecule has 0 spiro atoms. The Morgan fingerprint density at radius 3 is 2.75 bits per heavy atom. The maximum atomic E-state index is 12.2. The van der Waals surface area contributed by atoms with Gasteiger partial charge >= 0.3 is 6.03 Å². The number of fused-ring (bicyclic) bond motifs is 1. The Hall–Kier alpha value is -2.04. The van der Waals surface area contributed by atoms with Crippen molar-refractivity contribution in [1.29, 1.82) is 0 Å². The normalized spacial score (nSPS) is 10.7. The lowest BCUT2D eigenvalue weighted by molar-refractivity contribution is 0.252. The highest BCUT2D eigenvalue weighted by Crippen LogP contribution is 2.22. The molecule has 6 heteroatoms. The van der Waals surface area contributed by atoms with Crippen LogP contribution in [0.2, 0.25) is 10.0 Å². The van der Waals surface area contributed by atoms with Crippen LogP contribution < -0.4 is 5.32 Å². The van der Waals surface area contributed by atoms with E-state index in [0.29, 0.717) is 21.2 Å². The summed E-state index contributed by atoms with van der Waals surface area (Å²) in [5.74, 6) is 0. The summed E-state index contributed by atoms with van der Waals surface area (Å²) in [6.07, 6.45) is 1.59. The zero-order chi connectivity index (χ0) is 14.1. The lowest BCUT2D eigenvalue weighted by atomic mass is 10.2. The number of amides is 1. The smallest absolute Gasteiger partial charge is 0.305 e. The number of nitrogens with one attached hydrogen (secondary N) is 1. The molecule has 0 aliphatic rings. The van der Waals surface area contributed by atoms with Gasteiger partial charge in [0.25, 0.3) is 0 Å². The van der Waals surface area contributed by atoms with Crippen LogP contribution in [0.4, 0.5) is 10.5 Å². The SMILES string of the molecule is O=C(Nc1ccccc1Cl)n1ncc2cc(Cl)ccc21. The maximum absolute atomic E-state index is 12.2. The Bertz CT molecular complexity index is 798. The highest BCUT2D eigenvalue weighted by molar-refractivity contribution is 6.33. The third-order valence-electron chi connectivity index (χ3n) is 2.84. The van der Waals surface area contributed by atoms with Gasteiger partial charge in [-0.05, 0) is 30.3 Å². The number of para-hydroxylation sites is 1. The van der Waals surface area contributed by atoms with Crippen LogP contribution in [0.5, 0.6) is 0 Å². The fourth-order valence-corrected chi connectivity index (χ4v) is 2.26. The fraction of sp³-hybridized carbons (Fsp3) is 0. The first-order chi connectivity index (χ1) is 9.65. The lowest BCUT2D eigenvalue weighted by Gasteiger charge is -2.07. The molecule has 0 fully saturated rings. The summed E-state index contributed by atoms with van der Waals surface area (Å²) in [5.41, 5.74) is 1.22. The van der Waals surface area contributed by atoms with E-state index in [2.05, 4.69) is 10.4 Å². The van der Waals surface area contributed by atoms with Crippen molar-refractivity contribution in [3.63, 3.8) is 0 Å².